The Morgan fingerprint density at radius 1 is 1.11 bits per heavy atom. The number of aliphatic imine (C=N–C) groups is 1. The molecule has 2 N–H and O–H groups in total. The van der Waals surface area contributed by atoms with Crippen molar-refractivity contribution in [1.82, 2.24) is 15.5 Å². The zero-order valence-electron chi connectivity index (χ0n) is 16.2. The lowest BCUT2D eigenvalue weighted by Crippen LogP contribution is -2.41. The van der Waals surface area contributed by atoms with Crippen LogP contribution in [0.3, 0.4) is 0 Å². The summed E-state index contributed by atoms with van der Waals surface area (Å²) in [6.07, 6.45) is 1.43. The van der Waals surface area contributed by atoms with Crippen LogP contribution in [0.5, 0.6) is 0 Å². The van der Waals surface area contributed by atoms with E-state index in [0.717, 1.165) is 13.0 Å². The molecule has 1 aliphatic heterocycles. The van der Waals surface area contributed by atoms with Crippen molar-refractivity contribution in [2.75, 3.05) is 26.2 Å². The quantitative estimate of drug-likeness (QED) is 0.596. The zero-order chi connectivity index (χ0) is 19.8. The third-order valence-electron chi connectivity index (χ3n) is 4.84. The van der Waals surface area contributed by atoms with Crippen LogP contribution in [-0.4, -0.2) is 42.9 Å². The number of halogens is 1. The molecule has 0 aliphatic carbocycles. The monoisotopic (exact) mass is 382 g/mol. The number of hydrogen-bond acceptors (Lipinski definition) is 2. The van der Waals surface area contributed by atoms with Gasteiger partial charge in [0.05, 0.1) is 0 Å². The highest BCUT2D eigenvalue weighted by molar-refractivity contribution is 5.85. The summed E-state index contributed by atoms with van der Waals surface area (Å²) < 4.78 is 13.7. The molecule has 1 amide bonds. The Morgan fingerprint density at radius 2 is 1.86 bits per heavy atom. The Hall–Kier alpha value is -2.89. The predicted octanol–water partition coefficient (Wildman–Crippen LogP) is 2.51. The Kier molecular flexibility index (Phi) is 7.00. The van der Waals surface area contributed by atoms with Gasteiger partial charge in [-0.2, -0.15) is 0 Å². The molecule has 0 spiro atoms. The first-order chi connectivity index (χ1) is 13.7. The standard InChI is InChI=1S/C22H27FN4O/c1-2-24-22(25-13-11-18-8-5-6-10-20(18)23)26-15-21(28)27-14-12-17-7-3-4-9-19(17)16-27/h3-10H,2,11-16H2,1H3,(H2,24,25,26). The number of benzene rings is 2. The number of rotatable bonds is 6. The van der Waals surface area contributed by atoms with E-state index in [4.69, 9.17) is 0 Å². The molecule has 3 rings (SSSR count). The highest BCUT2D eigenvalue weighted by atomic mass is 19.1. The van der Waals surface area contributed by atoms with E-state index in [0.29, 0.717) is 37.6 Å². The van der Waals surface area contributed by atoms with Crippen LogP contribution >= 0.6 is 0 Å². The Bertz CT molecular complexity index is 837. The second-order valence-corrected chi connectivity index (χ2v) is 6.80. The van der Waals surface area contributed by atoms with E-state index < -0.39 is 0 Å². The molecule has 0 aromatic heterocycles. The molecule has 6 heteroatoms. The van der Waals surface area contributed by atoms with E-state index in [1.165, 1.54) is 17.2 Å². The molecule has 148 valence electrons. The van der Waals surface area contributed by atoms with Gasteiger partial charge in [0, 0.05) is 26.2 Å². The van der Waals surface area contributed by atoms with Crippen molar-refractivity contribution in [3.63, 3.8) is 0 Å². The highest BCUT2D eigenvalue weighted by Crippen LogP contribution is 2.18. The molecular weight excluding hydrogens is 355 g/mol. The minimum Gasteiger partial charge on any atom is -0.357 e. The first-order valence-electron chi connectivity index (χ1n) is 9.77. The molecule has 0 fully saturated rings. The molecule has 5 nitrogen and oxygen atoms in total. The third-order valence-corrected chi connectivity index (χ3v) is 4.84. The van der Waals surface area contributed by atoms with Crippen molar-refractivity contribution in [3.8, 4) is 0 Å². The third kappa shape index (κ3) is 5.31. The van der Waals surface area contributed by atoms with Gasteiger partial charge in [0.15, 0.2) is 5.96 Å². The summed E-state index contributed by atoms with van der Waals surface area (Å²) in [7, 11) is 0. The molecule has 2 aromatic carbocycles. The summed E-state index contributed by atoms with van der Waals surface area (Å²) in [5, 5.41) is 6.30. The summed E-state index contributed by atoms with van der Waals surface area (Å²) in [5.41, 5.74) is 3.19. The van der Waals surface area contributed by atoms with Crippen LogP contribution in [0.25, 0.3) is 0 Å². The summed E-state index contributed by atoms with van der Waals surface area (Å²) in [6.45, 7) is 4.66. The summed E-state index contributed by atoms with van der Waals surface area (Å²) in [6, 6.07) is 15.0. The van der Waals surface area contributed by atoms with Crippen LogP contribution in [0, 0.1) is 5.82 Å². The molecular formula is C22H27FN4O. The van der Waals surface area contributed by atoms with Gasteiger partial charge in [-0.25, -0.2) is 9.38 Å². The van der Waals surface area contributed by atoms with Gasteiger partial charge in [-0.15, -0.1) is 0 Å². The second-order valence-electron chi connectivity index (χ2n) is 6.80. The van der Waals surface area contributed by atoms with Crippen LogP contribution in [0.2, 0.25) is 0 Å². The number of amides is 1. The highest BCUT2D eigenvalue weighted by Gasteiger charge is 2.19. The van der Waals surface area contributed by atoms with Gasteiger partial charge in [0.25, 0.3) is 0 Å². The van der Waals surface area contributed by atoms with Crippen LogP contribution in [-0.2, 0) is 24.2 Å². The summed E-state index contributed by atoms with van der Waals surface area (Å²) in [5.74, 6) is 0.386. The Morgan fingerprint density at radius 3 is 2.64 bits per heavy atom. The fraction of sp³-hybridized carbons (Fsp3) is 0.364. The maximum Gasteiger partial charge on any atom is 0.244 e. The van der Waals surface area contributed by atoms with E-state index >= 15 is 0 Å². The van der Waals surface area contributed by atoms with E-state index in [2.05, 4.69) is 27.8 Å². The normalized spacial score (nSPS) is 13.8. The topological polar surface area (TPSA) is 56.7 Å². The van der Waals surface area contributed by atoms with Crippen molar-refractivity contribution in [1.29, 1.82) is 0 Å². The molecule has 0 bridgehead atoms. The molecule has 0 saturated heterocycles. The Balaban J connectivity index is 1.52. The number of hydrogen-bond donors (Lipinski definition) is 2. The maximum atomic E-state index is 13.7. The first kappa shape index (κ1) is 19.9. The van der Waals surface area contributed by atoms with Gasteiger partial charge in [0.2, 0.25) is 5.91 Å². The number of fused-ring (bicyclic) bond motifs is 1. The van der Waals surface area contributed by atoms with Crippen molar-refractivity contribution in [2.24, 2.45) is 4.99 Å². The largest absolute Gasteiger partial charge is 0.357 e. The van der Waals surface area contributed by atoms with E-state index in [9.17, 15) is 9.18 Å². The number of nitrogens with one attached hydrogen (secondary N) is 2. The van der Waals surface area contributed by atoms with Gasteiger partial charge in [-0.05, 0) is 42.5 Å². The molecule has 0 unspecified atom stereocenters. The van der Waals surface area contributed by atoms with Crippen molar-refractivity contribution < 1.29 is 9.18 Å². The van der Waals surface area contributed by atoms with Crippen LogP contribution in [0.4, 0.5) is 4.39 Å². The average molecular weight is 382 g/mol. The van der Waals surface area contributed by atoms with E-state index in [1.54, 1.807) is 12.1 Å². The lowest BCUT2D eigenvalue weighted by Gasteiger charge is -2.28. The molecule has 1 heterocycles. The van der Waals surface area contributed by atoms with Crippen LogP contribution in [0.15, 0.2) is 53.5 Å². The minimum absolute atomic E-state index is 0.0146. The van der Waals surface area contributed by atoms with Gasteiger partial charge < -0.3 is 15.5 Å². The fourth-order valence-electron chi connectivity index (χ4n) is 3.31. The van der Waals surface area contributed by atoms with Gasteiger partial charge in [0.1, 0.15) is 12.4 Å². The molecule has 28 heavy (non-hydrogen) atoms. The average Bonchev–Trinajstić information content (AvgIpc) is 2.72. The maximum absolute atomic E-state index is 13.7. The number of carbonyl (C=O) groups excluding carboxylic acids is 1. The van der Waals surface area contributed by atoms with Gasteiger partial charge >= 0.3 is 0 Å². The molecule has 0 atom stereocenters. The van der Waals surface area contributed by atoms with E-state index in [-0.39, 0.29) is 18.3 Å². The molecule has 0 saturated carbocycles. The van der Waals surface area contributed by atoms with Gasteiger partial charge in [-0.3, -0.25) is 4.79 Å². The molecule has 1 aliphatic rings. The fourth-order valence-corrected chi connectivity index (χ4v) is 3.31. The Labute approximate surface area is 165 Å². The first-order valence-corrected chi connectivity index (χ1v) is 9.77. The van der Waals surface area contributed by atoms with Crippen molar-refractivity contribution in [2.45, 2.75) is 26.3 Å². The lowest BCUT2D eigenvalue weighted by molar-refractivity contribution is -0.130. The SMILES string of the molecule is CCNC(=NCC(=O)N1CCc2ccccc2C1)NCCc1ccccc1F. The van der Waals surface area contributed by atoms with Crippen molar-refractivity contribution >= 4 is 11.9 Å². The smallest absolute Gasteiger partial charge is 0.244 e. The van der Waals surface area contributed by atoms with E-state index in [1.807, 2.05) is 30.0 Å². The zero-order valence-corrected chi connectivity index (χ0v) is 16.2. The molecule has 2 aromatic rings. The minimum atomic E-state index is -0.202. The summed E-state index contributed by atoms with van der Waals surface area (Å²) >= 11 is 0. The number of carbonyl (C=O) groups is 1. The number of nitrogens with zero attached hydrogens (tertiary/aromatic N) is 2. The van der Waals surface area contributed by atoms with Crippen LogP contribution in [0.1, 0.15) is 23.6 Å². The van der Waals surface area contributed by atoms with Crippen molar-refractivity contribution in [3.05, 3.63) is 71.0 Å². The summed E-state index contributed by atoms with van der Waals surface area (Å²) in [4.78, 5) is 18.8. The van der Waals surface area contributed by atoms with Crippen LogP contribution < -0.4 is 10.6 Å². The number of guanidine groups is 1. The second kappa shape index (κ2) is 9.88. The molecule has 0 radical (unpaired) electrons. The lowest BCUT2D eigenvalue weighted by atomic mass is 10.00. The van der Waals surface area contributed by atoms with Gasteiger partial charge in [-0.1, -0.05) is 42.5 Å². The predicted molar refractivity (Wildman–Crippen MR) is 110 cm³/mol.